The van der Waals surface area contributed by atoms with Crippen molar-refractivity contribution in [3.63, 3.8) is 0 Å². The molecule has 1 aliphatic carbocycles. The predicted octanol–water partition coefficient (Wildman–Crippen LogP) is 3.17. The summed E-state index contributed by atoms with van der Waals surface area (Å²) in [5, 5.41) is 14.8. The number of rotatable bonds is 5. The number of amides is 3. The summed E-state index contributed by atoms with van der Waals surface area (Å²) in [5.74, 6) is -8.18. The maximum Gasteiger partial charge on any atom is 0.271 e. The van der Waals surface area contributed by atoms with E-state index in [1.54, 1.807) is 0 Å². The smallest absolute Gasteiger partial charge is 0.271 e. The highest BCUT2D eigenvalue weighted by atomic mass is 19.3. The minimum atomic E-state index is -3.00. The molecule has 5 rings (SSSR count). The number of fused-ring (bicyclic) bond motifs is 2. The quantitative estimate of drug-likeness (QED) is 0.512. The van der Waals surface area contributed by atoms with Gasteiger partial charge in [0.05, 0.1) is 11.6 Å². The third kappa shape index (κ3) is 4.59. The Morgan fingerprint density at radius 2 is 2.05 bits per heavy atom. The molecule has 1 aromatic heterocycles. The topological polar surface area (TPSA) is 118 Å². The molecule has 12 heteroatoms. The largest absolute Gasteiger partial charge is 0.356 e. The first kappa shape index (κ1) is 26.0. The van der Waals surface area contributed by atoms with Crippen molar-refractivity contribution in [2.24, 2.45) is 17.8 Å². The number of hydrogen-bond donors (Lipinski definition) is 3. The van der Waals surface area contributed by atoms with Gasteiger partial charge in [0.15, 0.2) is 0 Å². The number of likely N-dealkylation sites (tertiary alicyclic amines) is 1. The highest BCUT2D eigenvalue weighted by Gasteiger charge is 2.58. The summed E-state index contributed by atoms with van der Waals surface area (Å²) in [6.07, 6.45) is 0.245. The van der Waals surface area contributed by atoms with Crippen LogP contribution in [0.25, 0.3) is 10.9 Å². The molecule has 0 bridgehead atoms. The number of aryl methyl sites for hydroxylation is 1. The lowest BCUT2D eigenvalue weighted by Gasteiger charge is -2.29. The molecule has 202 valence electrons. The maximum atomic E-state index is 14.6. The lowest BCUT2D eigenvalue weighted by molar-refractivity contribution is -0.129. The summed E-state index contributed by atoms with van der Waals surface area (Å²) in [5.41, 5.74) is -0.336. The van der Waals surface area contributed by atoms with Gasteiger partial charge in [0.2, 0.25) is 17.7 Å². The summed E-state index contributed by atoms with van der Waals surface area (Å²) >= 11 is 0. The zero-order valence-corrected chi connectivity index (χ0v) is 20.6. The van der Waals surface area contributed by atoms with E-state index in [1.807, 2.05) is 6.07 Å². The van der Waals surface area contributed by atoms with Crippen molar-refractivity contribution in [3.05, 3.63) is 35.0 Å². The van der Waals surface area contributed by atoms with Crippen molar-refractivity contribution in [3.8, 4) is 6.07 Å². The van der Waals surface area contributed by atoms with E-state index >= 15 is 0 Å². The molecule has 0 spiro atoms. The van der Waals surface area contributed by atoms with Crippen LogP contribution in [0.5, 0.6) is 0 Å². The van der Waals surface area contributed by atoms with Crippen LogP contribution >= 0.6 is 0 Å². The number of aromatic amines is 1. The van der Waals surface area contributed by atoms with E-state index in [2.05, 4.69) is 15.6 Å². The van der Waals surface area contributed by atoms with E-state index in [9.17, 15) is 37.2 Å². The van der Waals surface area contributed by atoms with Gasteiger partial charge in [-0.3, -0.25) is 14.4 Å². The van der Waals surface area contributed by atoms with Gasteiger partial charge in [0.25, 0.3) is 5.91 Å². The van der Waals surface area contributed by atoms with Crippen molar-refractivity contribution in [2.75, 3.05) is 13.1 Å². The molecular formula is C26H27F4N5O3. The maximum absolute atomic E-state index is 14.6. The van der Waals surface area contributed by atoms with Crippen molar-refractivity contribution < 1.29 is 31.9 Å². The van der Waals surface area contributed by atoms with Gasteiger partial charge in [0.1, 0.15) is 29.4 Å². The Balaban J connectivity index is 1.41. The standard InChI is InChI=1S/C26H27F4N5O3/c1-12-5-18(27)16-7-19(34-21(16)20(12)28)25(38)35-11-14-8-26(29,30)9-17(14)22(35)24(37)33-15(10-31)6-13-3-2-4-32-23(13)36/h5,7,13-15,17,22,34H,2-4,6,8-9,11H2,1H3,(H,32,36)(H,33,37)/t13-,14+,15-,17+,22+/m1/s1. The average molecular weight is 534 g/mol. The molecule has 3 fully saturated rings. The van der Waals surface area contributed by atoms with Gasteiger partial charge in [-0.05, 0) is 55.7 Å². The van der Waals surface area contributed by atoms with Crippen LogP contribution in [0, 0.1) is 47.6 Å². The summed E-state index contributed by atoms with van der Waals surface area (Å²) in [4.78, 5) is 42.8. The minimum Gasteiger partial charge on any atom is -0.356 e. The molecule has 0 radical (unpaired) electrons. The number of H-pyrrole nitrogens is 1. The number of nitrogens with one attached hydrogen (secondary N) is 3. The summed E-state index contributed by atoms with van der Waals surface area (Å²) < 4.78 is 57.6. The second-order valence-corrected chi connectivity index (χ2v) is 10.6. The Morgan fingerprint density at radius 1 is 1.29 bits per heavy atom. The first-order valence-electron chi connectivity index (χ1n) is 12.6. The number of alkyl halides is 2. The van der Waals surface area contributed by atoms with Gasteiger partial charge < -0.3 is 20.5 Å². The van der Waals surface area contributed by atoms with Crippen molar-refractivity contribution >= 4 is 28.6 Å². The van der Waals surface area contributed by atoms with Crippen molar-refractivity contribution in [2.45, 2.75) is 57.0 Å². The second kappa shape index (κ2) is 9.60. The van der Waals surface area contributed by atoms with Gasteiger partial charge in [-0.15, -0.1) is 0 Å². The number of hydrogen-bond acceptors (Lipinski definition) is 4. The lowest BCUT2D eigenvalue weighted by Crippen LogP contribution is -2.52. The Bertz CT molecular complexity index is 1350. The van der Waals surface area contributed by atoms with Crippen molar-refractivity contribution in [1.82, 2.24) is 20.5 Å². The number of halogens is 4. The number of benzene rings is 1. The van der Waals surface area contributed by atoms with Crippen LogP contribution in [0.3, 0.4) is 0 Å². The molecule has 3 aliphatic rings. The fourth-order valence-corrected chi connectivity index (χ4v) is 6.20. The third-order valence-corrected chi connectivity index (χ3v) is 8.01. The summed E-state index contributed by atoms with van der Waals surface area (Å²) in [7, 11) is 0. The van der Waals surface area contributed by atoms with E-state index in [0.717, 1.165) is 23.5 Å². The molecular weight excluding hydrogens is 506 g/mol. The number of carbonyl (C=O) groups excluding carboxylic acids is 3. The SMILES string of the molecule is Cc1cc(F)c2cc(C(=O)N3C[C@@H]4CC(F)(F)C[C@@H]4[C@H]3C(=O)N[C@@H](C#N)C[C@H]3CCCNC3=O)[nH]c2c1F. The molecule has 2 aliphatic heterocycles. The minimum absolute atomic E-state index is 0.0419. The zero-order chi connectivity index (χ0) is 27.4. The summed E-state index contributed by atoms with van der Waals surface area (Å²) in [6, 6.07) is 1.74. The molecule has 2 saturated heterocycles. The highest BCUT2D eigenvalue weighted by molar-refractivity contribution is 6.01. The Hall–Kier alpha value is -3.62. The number of nitriles is 1. The van der Waals surface area contributed by atoms with Crippen LogP contribution in [-0.4, -0.2) is 58.7 Å². The lowest BCUT2D eigenvalue weighted by atomic mass is 9.90. The molecule has 5 atom stereocenters. The molecule has 3 heterocycles. The molecule has 38 heavy (non-hydrogen) atoms. The normalized spacial score (nSPS) is 27.1. The molecule has 2 aromatic rings. The van der Waals surface area contributed by atoms with E-state index in [0.29, 0.717) is 13.0 Å². The fraction of sp³-hybridized carbons (Fsp3) is 0.538. The monoisotopic (exact) mass is 533 g/mol. The first-order chi connectivity index (χ1) is 18.0. The van der Waals surface area contributed by atoms with E-state index in [-0.39, 0.29) is 41.0 Å². The molecule has 0 unspecified atom stereocenters. The fourth-order valence-electron chi connectivity index (χ4n) is 6.20. The van der Waals surface area contributed by atoms with Crippen LogP contribution in [0.15, 0.2) is 12.1 Å². The molecule has 1 aromatic carbocycles. The van der Waals surface area contributed by atoms with Crippen molar-refractivity contribution in [1.29, 1.82) is 5.26 Å². The Kier molecular flexibility index (Phi) is 6.57. The average Bonchev–Trinajstić information content (AvgIpc) is 3.53. The molecule has 3 N–H and O–H groups in total. The number of carbonyl (C=O) groups is 3. The van der Waals surface area contributed by atoms with Crippen LogP contribution in [0.2, 0.25) is 0 Å². The van der Waals surface area contributed by atoms with Gasteiger partial charge in [-0.2, -0.15) is 5.26 Å². The van der Waals surface area contributed by atoms with Crippen LogP contribution in [0.4, 0.5) is 17.6 Å². The number of piperidine rings is 1. The van der Waals surface area contributed by atoms with Crippen LogP contribution < -0.4 is 10.6 Å². The molecule has 8 nitrogen and oxygen atoms in total. The number of nitrogens with zero attached hydrogens (tertiary/aromatic N) is 2. The van der Waals surface area contributed by atoms with E-state index in [4.69, 9.17) is 0 Å². The van der Waals surface area contributed by atoms with Crippen LogP contribution in [0.1, 0.15) is 48.2 Å². The highest BCUT2D eigenvalue weighted by Crippen LogP contribution is 2.50. The molecule has 3 amide bonds. The Morgan fingerprint density at radius 3 is 2.76 bits per heavy atom. The van der Waals surface area contributed by atoms with E-state index < -0.39 is 72.1 Å². The number of aromatic nitrogens is 1. The van der Waals surface area contributed by atoms with Gasteiger partial charge in [-0.1, -0.05) is 0 Å². The van der Waals surface area contributed by atoms with E-state index in [1.165, 1.54) is 6.92 Å². The van der Waals surface area contributed by atoms with Gasteiger partial charge in [-0.25, -0.2) is 17.6 Å². The second-order valence-electron chi connectivity index (χ2n) is 10.6. The van der Waals surface area contributed by atoms with Gasteiger partial charge in [0, 0.05) is 37.2 Å². The predicted molar refractivity (Wildman–Crippen MR) is 127 cm³/mol. The summed E-state index contributed by atoms with van der Waals surface area (Å²) in [6.45, 7) is 1.78. The third-order valence-electron chi connectivity index (χ3n) is 8.01. The van der Waals surface area contributed by atoms with Gasteiger partial charge >= 0.3 is 0 Å². The zero-order valence-electron chi connectivity index (χ0n) is 20.6. The Labute approximate surface area is 215 Å². The molecule has 1 saturated carbocycles. The first-order valence-corrected chi connectivity index (χ1v) is 12.6. The van der Waals surface area contributed by atoms with Crippen LogP contribution in [-0.2, 0) is 9.59 Å².